The summed E-state index contributed by atoms with van der Waals surface area (Å²) in [6, 6.07) is 16.0. The van der Waals surface area contributed by atoms with E-state index in [0.29, 0.717) is 21.9 Å². The maximum absolute atomic E-state index is 13.5. The molecule has 1 unspecified atom stereocenters. The Morgan fingerprint density at radius 2 is 1.90 bits per heavy atom. The van der Waals surface area contributed by atoms with Gasteiger partial charge in [0.2, 0.25) is 5.78 Å². The Hall–Kier alpha value is -3.45. The van der Waals surface area contributed by atoms with Gasteiger partial charge in [0.15, 0.2) is 5.76 Å². The highest BCUT2D eigenvalue weighted by Gasteiger charge is 2.44. The molecule has 0 spiro atoms. The number of aryl methyl sites for hydroxylation is 2. The number of nitrogens with zero attached hydrogens (tertiary/aromatic N) is 2. The molecule has 158 valence electrons. The van der Waals surface area contributed by atoms with Crippen molar-refractivity contribution < 1.29 is 19.4 Å². The Kier molecular flexibility index (Phi) is 5.61. The second-order valence-corrected chi connectivity index (χ2v) is 8.54. The van der Waals surface area contributed by atoms with Crippen LogP contribution >= 0.6 is 11.3 Å². The van der Waals surface area contributed by atoms with Gasteiger partial charge < -0.3 is 14.7 Å². The van der Waals surface area contributed by atoms with E-state index in [1.807, 2.05) is 43.3 Å². The average molecular weight is 435 g/mol. The number of carbonyl (C=O) groups excluding carboxylic acids is 2. The predicted molar refractivity (Wildman–Crippen MR) is 118 cm³/mol. The molecule has 0 aliphatic carbocycles. The molecule has 1 amide bonds. The highest BCUT2D eigenvalue weighted by atomic mass is 32.1. The van der Waals surface area contributed by atoms with Crippen LogP contribution in [0.5, 0.6) is 5.75 Å². The van der Waals surface area contributed by atoms with Gasteiger partial charge in [0, 0.05) is 6.54 Å². The lowest BCUT2D eigenvalue weighted by Gasteiger charge is -2.27. The van der Waals surface area contributed by atoms with Gasteiger partial charge in [-0.25, -0.2) is 4.98 Å². The Balaban J connectivity index is 1.83. The van der Waals surface area contributed by atoms with E-state index < -0.39 is 17.7 Å². The first-order valence-corrected chi connectivity index (χ1v) is 10.6. The quantitative estimate of drug-likeness (QED) is 0.576. The number of aliphatic hydroxyl groups is 1. The normalized spacial score (nSPS) is 16.2. The zero-order valence-electron chi connectivity index (χ0n) is 17.5. The third-order valence-corrected chi connectivity index (χ3v) is 6.33. The van der Waals surface area contributed by atoms with Gasteiger partial charge in [-0.15, -0.1) is 11.3 Å². The second kappa shape index (κ2) is 8.35. The van der Waals surface area contributed by atoms with Crippen molar-refractivity contribution in [3.8, 4) is 5.75 Å². The number of hydrogen-bond donors (Lipinski definition) is 1. The lowest BCUT2D eigenvalue weighted by atomic mass is 9.94. The maximum atomic E-state index is 13.5. The summed E-state index contributed by atoms with van der Waals surface area (Å²) in [6.45, 7) is 3.83. The summed E-state index contributed by atoms with van der Waals surface area (Å²) in [5.74, 6) is -0.858. The van der Waals surface area contributed by atoms with Crippen LogP contribution in [0.2, 0.25) is 0 Å². The van der Waals surface area contributed by atoms with Crippen molar-refractivity contribution in [1.29, 1.82) is 0 Å². The van der Waals surface area contributed by atoms with Crippen LogP contribution in [0, 0.1) is 13.8 Å². The van der Waals surface area contributed by atoms with Gasteiger partial charge in [0.1, 0.15) is 5.75 Å². The number of ketones is 1. The molecule has 1 aliphatic rings. The molecule has 2 heterocycles. The number of Topliss-reactive ketones (excluding diaryl/α,β-unsaturated/α-hetero) is 1. The van der Waals surface area contributed by atoms with Crippen molar-refractivity contribution >= 4 is 23.0 Å². The lowest BCUT2D eigenvalue weighted by Crippen LogP contribution is -2.30. The molecule has 2 aromatic carbocycles. The molecule has 1 aromatic heterocycles. The van der Waals surface area contributed by atoms with E-state index in [4.69, 9.17) is 4.74 Å². The van der Waals surface area contributed by atoms with Gasteiger partial charge >= 0.3 is 0 Å². The molecule has 1 aliphatic heterocycles. The molecule has 3 aromatic rings. The van der Waals surface area contributed by atoms with Crippen molar-refractivity contribution in [2.24, 2.45) is 0 Å². The fourth-order valence-electron chi connectivity index (χ4n) is 3.85. The average Bonchev–Trinajstić information content (AvgIpc) is 3.24. The van der Waals surface area contributed by atoms with E-state index in [1.165, 1.54) is 16.2 Å². The third kappa shape index (κ3) is 3.84. The van der Waals surface area contributed by atoms with Gasteiger partial charge in [-0.2, -0.15) is 0 Å². The zero-order valence-corrected chi connectivity index (χ0v) is 18.3. The summed E-state index contributed by atoms with van der Waals surface area (Å²) in [6.07, 6.45) is 0. The predicted octanol–water partition coefficient (Wildman–Crippen LogP) is 4.55. The van der Waals surface area contributed by atoms with Crippen molar-refractivity contribution in [1.82, 2.24) is 9.88 Å². The molecule has 1 atom stereocenters. The lowest BCUT2D eigenvalue weighted by molar-refractivity contribution is -0.130. The largest absolute Gasteiger partial charge is 0.503 e. The molecule has 0 radical (unpaired) electrons. The molecule has 4 rings (SSSR count). The first kappa shape index (κ1) is 20.8. The van der Waals surface area contributed by atoms with Crippen molar-refractivity contribution in [2.75, 3.05) is 7.11 Å². The molecular weight excluding hydrogens is 412 g/mol. The minimum atomic E-state index is -0.739. The van der Waals surface area contributed by atoms with Crippen LogP contribution < -0.4 is 4.74 Å². The monoisotopic (exact) mass is 434 g/mol. The van der Waals surface area contributed by atoms with Crippen LogP contribution in [0.1, 0.15) is 37.5 Å². The molecular formula is C24H22N2O4S. The van der Waals surface area contributed by atoms with Crippen LogP contribution in [0.25, 0.3) is 0 Å². The Morgan fingerprint density at radius 1 is 1.16 bits per heavy atom. The SMILES string of the molecule is COc1cccc(C2C(C(=O)c3sc(C)nc3C)=C(O)C(=O)N2Cc2ccccc2)c1. The molecule has 0 bridgehead atoms. The minimum absolute atomic E-state index is 0.0703. The summed E-state index contributed by atoms with van der Waals surface area (Å²) in [5, 5.41) is 11.6. The second-order valence-electron chi connectivity index (χ2n) is 7.34. The fraction of sp³-hybridized carbons (Fsp3) is 0.208. The van der Waals surface area contributed by atoms with Crippen LogP contribution in [0.4, 0.5) is 0 Å². The number of carbonyl (C=O) groups is 2. The number of thiazole rings is 1. The van der Waals surface area contributed by atoms with Crippen LogP contribution in [-0.2, 0) is 11.3 Å². The number of benzene rings is 2. The molecule has 7 heteroatoms. The Labute approximate surface area is 184 Å². The van der Waals surface area contributed by atoms with Crippen molar-refractivity contribution in [3.05, 3.63) is 92.6 Å². The number of amides is 1. The fourth-order valence-corrected chi connectivity index (χ4v) is 4.73. The molecule has 1 N–H and O–H groups in total. The first-order chi connectivity index (χ1) is 14.9. The highest BCUT2D eigenvalue weighted by Crippen LogP contribution is 2.41. The van der Waals surface area contributed by atoms with E-state index >= 15 is 0 Å². The zero-order chi connectivity index (χ0) is 22.1. The van der Waals surface area contributed by atoms with Crippen molar-refractivity contribution in [2.45, 2.75) is 26.4 Å². The number of hydrogen-bond acceptors (Lipinski definition) is 6. The number of aliphatic hydroxyl groups excluding tert-OH is 1. The van der Waals surface area contributed by atoms with Gasteiger partial charge in [-0.1, -0.05) is 42.5 Å². The summed E-state index contributed by atoms with van der Waals surface area (Å²) < 4.78 is 5.35. The topological polar surface area (TPSA) is 79.7 Å². The number of aromatic nitrogens is 1. The molecule has 6 nitrogen and oxygen atoms in total. The highest BCUT2D eigenvalue weighted by molar-refractivity contribution is 7.14. The van der Waals surface area contributed by atoms with Crippen LogP contribution in [-0.4, -0.2) is 33.8 Å². The van der Waals surface area contributed by atoms with Gasteiger partial charge in [0.05, 0.1) is 34.3 Å². The van der Waals surface area contributed by atoms with Gasteiger partial charge in [-0.3, -0.25) is 9.59 Å². The summed E-state index contributed by atoms with van der Waals surface area (Å²) >= 11 is 1.26. The van der Waals surface area contributed by atoms with E-state index in [1.54, 1.807) is 32.2 Å². The smallest absolute Gasteiger partial charge is 0.290 e. The van der Waals surface area contributed by atoms with Crippen molar-refractivity contribution in [3.63, 3.8) is 0 Å². The molecule has 0 saturated carbocycles. The van der Waals surface area contributed by atoms with E-state index in [-0.39, 0.29) is 17.9 Å². The molecule has 0 saturated heterocycles. The van der Waals surface area contributed by atoms with Crippen LogP contribution in [0.3, 0.4) is 0 Å². The maximum Gasteiger partial charge on any atom is 0.290 e. The number of ether oxygens (including phenoxy) is 1. The summed E-state index contributed by atoms with van der Waals surface area (Å²) in [4.78, 5) is 32.9. The summed E-state index contributed by atoms with van der Waals surface area (Å²) in [5.41, 5.74) is 2.25. The minimum Gasteiger partial charge on any atom is -0.503 e. The first-order valence-electron chi connectivity index (χ1n) is 9.81. The number of methoxy groups -OCH3 is 1. The Morgan fingerprint density at radius 3 is 2.55 bits per heavy atom. The van der Waals surface area contributed by atoms with Gasteiger partial charge in [-0.05, 0) is 37.1 Å². The Bertz CT molecular complexity index is 1180. The molecule has 31 heavy (non-hydrogen) atoms. The third-order valence-electron chi connectivity index (χ3n) is 5.26. The molecule has 0 fully saturated rings. The van der Waals surface area contributed by atoms with E-state index in [0.717, 1.165) is 10.6 Å². The summed E-state index contributed by atoms with van der Waals surface area (Å²) in [7, 11) is 1.56. The standard InChI is InChI=1S/C24H22N2O4S/c1-14-23(31-15(2)25-14)21(27)19-20(17-10-7-11-18(12-17)30-3)26(24(29)22(19)28)13-16-8-5-4-6-9-16/h4-12,20,28H,13H2,1-3H3. The van der Waals surface area contributed by atoms with E-state index in [9.17, 15) is 14.7 Å². The van der Waals surface area contributed by atoms with E-state index in [2.05, 4.69) is 4.98 Å². The number of rotatable bonds is 6. The van der Waals surface area contributed by atoms with Gasteiger partial charge in [0.25, 0.3) is 5.91 Å². The van der Waals surface area contributed by atoms with Crippen LogP contribution in [0.15, 0.2) is 65.9 Å².